The van der Waals surface area contributed by atoms with E-state index in [1.807, 2.05) is 25.1 Å². The van der Waals surface area contributed by atoms with Crippen LogP contribution in [0, 0.1) is 12.8 Å². The molecule has 1 saturated heterocycles. The minimum absolute atomic E-state index is 0.126. The molecule has 1 fully saturated rings. The smallest absolute Gasteiger partial charge is 0.171 e. The van der Waals surface area contributed by atoms with Gasteiger partial charge in [0.2, 0.25) is 0 Å². The fourth-order valence-corrected chi connectivity index (χ4v) is 3.83. The molecule has 3 nitrogen and oxygen atoms in total. The van der Waals surface area contributed by atoms with Gasteiger partial charge in [-0.1, -0.05) is 36.7 Å². The lowest BCUT2D eigenvalue weighted by Gasteiger charge is -2.32. The van der Waals surface area contributed by atoms with E-state index in [1.54, 1.807) is 0 Å². The SMILES string of the molecule is Cc1ccc(NC(=S)N[C@H](C)c2ccc(N3CCC(C)CC3)cc2)cc1Cl. The van der Waals surface area contributed by atoms with Crippen molar-refractivity contribution in [3.8, 4) is 0 Å². The summed E-state index contributed by atoms with van der Waals surface area (Å²) in [5, 5.41) is 7.88. The summed E-state index contributed by atoms with van der Waals surface area (Å²) in [6, 6.07) is 14.8. The highest BCUT2D eigenvalue weighted by molar-refractivity contribution is 7.80. The largest absolute Gasteiger partial charge is 0.372 e. The normalized spacial score (nSPS) is 16.1. The summed E-state index contributed by atoms with van der Waals surface area (Å²) in [6.07, 6.45) is 2.56. The molecule has 3 rings (SSSR count). The van der Waals surface area contributed by atoms with Crippen molar-refractivity contribution in [2.75, 3.05) is 23.3 Å². The zero-order chi connectivity index (χ0) is 19.4. The lowest BCUT2D eigenvalue weighted by atomic mass is 9.98. The molecule has 144 valence electrons. The van der Waals surface area contributed by atoms with E-state index in [4.69, 9.17) is 23.8 Å². The van der Waals surface area contributed by atoms with Crippen molar-refractivity contribution in [2.24, 2.45) is 5.92 Å². The maximum atomic E-state index is 6.18. The average Bonchev–Trinajstić information content (AvgIpc) is 2.65. The lowest BCUT2D eigenvalue weighted by molar-refractivity contribution is 0.438. The molecule has 0 radical (unpaired) electrons. The molecule has 2 aromatic rings. The van der Waals surface area contributed by atoms with Gasteiger partial charge in [-0.15, -0.1) is 0 Å². The van der Waals surface area contributed by atoms with Gasteiger partial charge in [-0.3, -0.25) is 0 Å². The van der Waals surface area contributed by atoms with E-state index in [2.05, 4.69) is 53.6 Å². The van der Waals surface area contributed by atoms with Gasteiger partial charge in [-0.25, -0.2) is 0 Å². The Kier molecular flexibility index (Phi) is 6.61. The molecule has 0 aliphatic carbocycles. The summed E-state index contributed by atoms with van der Waals surface area (Å²) >= 11 is 11.6. The number of piperidine rings is 1. The van der Waals surface area contributed by atoms with Crippen LogP contribution in [-0.4, -0.2) is 18.2 Å². The molecule has 0 aromatic heterocycles. The summed E-state index contributed by atoms with van der Waals surface area (Å²) in [6.45, 7) is 8.75. The number of hydrogen-bond donors (Lipinski definition) is 2. The summed E-state index contributed by atoms with van der Waals surface area (Å²) in [5.74, 6) is 0.849. The van der Waals surface area contributed by atoms with Gasteiger partial charge < -0.3 is 15.5 Å². The van der Waals surface area contributed by atoms with Crippen LogP contribution < -0.4 is 15.5 Å². The van der Waals surface area contributed by atoms with Crippen LogP contribution in [0.5, 0.6) is 0 Å². The number of thiocarbonyl (C=S) groups is 1. The van der Waals surface area contributed by atoms with E-state index in [1.165, 1.54) is 24.1 Å². The summed E-state index contributed by atoms with van der Waals surface area (Å²) in [5.41, 5.74) is 4.48. The maximum absolute atomic E-state index is 6.18. The molecule has 5 heteroatoms. The van der Waals surface area contributed by atoms with Gasteiger partial charge in [0, 0.05) is 29.5 Å². The zero-order valence-corrected chi connectivity index (χ0v) is 17.8. The number of nitrogens with zero attached hydrogens (tertiary/aromatic N) is 1. The number of aryl methyl sites for hydroxylation is 1. The van der Waals surface area contributed by atoms with Gasteiger partial charge in [-0.05, 0) is 80.2 Å². The Morgan fingerprint density at radius 1 is 1.15 bits per heavy atom. The quantitative estimate of drug-likeness (QED) is 0.620. The molecular weight excluding hydrogens is 374 g/mol. The Balaban J connectivity index is 1.56. The van der Waals surface area contributed by atoms with Gasteiger partial charge in [-0.2, -0.15) is 0 Å². The van der Waals surface area contributed by atoms with Crippen molar-refractivity contribution in [1.82, 2.24) is 5.32 Å². The first-order chi connectivity index (χ1) is 12.9. The highest BCUT2D eigenvalue weighted by atomic mass is 35.5. The Morgan fingerprint density at radius 3 is 2.44 bits per heavy atom. The molecule has 0 unspecified atom stereocenters. The van der Waals surface area contributed by atoms with Gasteiger partial charge in [0.1, 0.15) is 0 Å². The molecule has 1 aliphatic rings. The molecular formula is C22H28ClN3S. The predicted molar refractivity (Wildman–Crippen MR) is 121 cm³/mol. The van der Waals surface area contributed by atoms with Crippen molar-refractivity contribution < 1.29 is 0 Å². The molecule has 0 spiro atoms. The van der Waals surface area contributed by atoms with Crippen LogP contribution in [0.25, 0.3) is 0 Å². The van der Waals surface area contributed by atoms with E-state index in [9.17, 15) is 0 Å². The van der Waals surface area contributed by atoms with Crippen LogP contribution in [0.15, 0.2) is 42.5 Å². The minimum atomic E-state index is 0.126. The van der Waals surface area contributed by atoms with E-state index >= 15 is 0 Å². The fourth-order valence-electron chi connectivity index (χ4n) is 3.36. The highest BCUT2D eigenvalue weighted by Gasteiger charge is 2.16. The Hall–Kier alpha value is -1.78. The second-order valence-electron chi connectivity index (χ2n) is 7.55. The van der Waals surface area contributed by atoms with Gasteiger partial charge in [0.15, 0.2) is 5.11 Å². The van der Waals surface area contributed by atoms with Crippen LogP contribution >= 0.6 is 23.8 Å². The van der Waals surface area contributed by atoms with Crippen LogP contribution in [-0.2, 0) is 0 Å². The van der Waals surface area contributed by atoms with E-state index < -0.39 is 0 Å². The molecule has 1 atom stereocenters. The molecule has 0 saturated carbocycles. The maximum Gasteiger partial charge on any atom is 0.171 e. The van der Waals surface area contributed by atoms with Gasteiger partial charge in [0.25, 0.3) is 0 Å². The van der Waals surface area contributed by atoms with Crippen molar-refractivity contribution in [1.29, 1.82) is 0 Å². The number of nitrogens with one attached hydrogen (secondary N) is 2. The predicted octanol–water partition coefficient (Wildman–Crippen LogP) is 5.93. The Labute approximate surface area is 173 Å². The van der Waals surface area contributed by atoms with Crippen molar-refractivity contribution >= 4 is 40.3 Å². The lowest BCUT2D eigenvalue weighted by Crippen LogP contribution is -2.33. The monoisotopic (exact) mass is 401 g/mol. The van der Waals surface area contributed by atoms with Crippen LogP contribution in [0.1, 0.15) is 43.9 Å². The third-order valence-electron chi connectivity index (χ3n) is 5.32. The first kappa shape index (κ1) is 20.0. The fraction of sp³-hybridized carbons (Fsp3) is 0.409. The molecule has 1 aliphatic heterocycles. The molecule has 0 bridgehead atoms. The second-order valence-corrected chi connectivity index (χ2v) is 8.36. The summed E-state index contributed by atoms with van der Waals surface area (Å²) < 4.78 is 0. The molecule has 1 heterocycles. The second kappa shape index (κ2) is 8.94. The average molecular weight is 402 g/mol. The zero-order valence-electron chi connectivity index (χ0n) is 16.3. The number of rotatable bonds is 4. The Bertz CT molecular complexity index is 783. The standard InChI is InChI=1S/C22H28ClN3S/c1-15-10-12-26(13-11-15)20-8-5-18(6-9-20)17(3)24-22(27)25-19-7-4-16(2)21(23)14-19/h4-9,14-15,17H,10-13H2,1-3H3,(H2,24,25,27)/t17-/m1/s1. The first-order valence-corrected chi connectivity index (χ1v) is 10.4. The van der Waals surface area contributed by atoms with E-state index in [0.29, 0.717) is 5.11 Å². The van der Waals surface area contributed by atoms with Gasteiger partial charge in [0.05, 0.1) is 6.04 Å². The highest BCUT2D eigenvalue weighted by Crippen LogP contribution is 2.25. The third-order valence-corrected chi connectivity index (χ3v) is 5.95. The number of benzene rings is 2. The number of anilines is 2. The number of halogens is 1. The Morgan fingerprint density at radius 2 is 1.81 bits per heavy atom. The molecule has 2 aromatic carbocycles. The van der Waals surface area contributed by atoms with Crippen LogP contribution in [0.4, 0.5) is 11.4 Å². The first-order valence-electron chi connectivity index (χ1n) is 9.61. The topological polar surface area (TPSA) is 27.3 Å². The number of hydrogen-bond acceptors (Lipinski definition) is 2. The third kappa shape index (κ3) is 5.36. The van der Waals surface area contributed by atoms with Crippen molar-refractivity contribution in [3.63, 3.8) is 0 Å². The van der Waals surface area contributed by atoms with E-state index in [0.717, 1.165) is 35.3 Å². The van der Waals surface area contributed by atoms with Crippen LogP contribution in [0.2, 0.25) is 5.02 Å². The molecule has 0 amide bonds. The molecule has 2 N–H and O–H groups in total. The van der Waals surface area contributed by atoms with Crippen LogP contribution in [0.3, 0.4) is 0 Å². The van der Waals surface area contributed by atoms with Gasteiger partial charge >= 0.3 is 0 Å². The minimum Gasteiger partial charge on any atom is -0.372 e. The van der Waals surface area contributed by atoms with Crippen molar-refractivity contribution in [3.05, 3.63) is 58.6 Å². The molecule has 27 heavy (non-hydrogen) atoms. The summed E-state index contributed by atoms with van der Waals surface area (Å²) in [7, 11) is 0. The summed E-state index contributed by atoms with van der Waals surface area (Å²) in [4.78, 5) is 2.48. The van der Waals surface area contributed by atoms with E-state index in [-0.39, 0.29) is 6.04 Å². The van der Waals surface area contributed by atoms with Crippen molar-refractivity contribution in [2.45, 2.75) is 39.7 Å².